The predicted octanol–water partition coefficient (Wildman–Crippen LogP) is 1.87. The lowest BCUT2D eigenvalue weighted by molar-refractivity contribution is 0.178. The zero-order valence-electron chi connectivity index (χ0n) is 10.5. The Hall–Kier alpha value is -0.350. The van der Waals surface area contributed by atoms with Crippen molar-refractivity contribution in [2.45, 2.75) is 33.2 Å². The van der Waals surface area contributed by atoms with Crippen molar-refractivity contribution in [3.63, 3.8) is 0 Å². The van der Waals surface area contributed by atoms with Crippen LogP contribution in [0, 0.1) is 5.92 Å². The summed E-state index contributed by atoms with van der Waals surface area (Å²) in [6.45, 7) is 8.18. The molecule has 90 valence electrons. The summed E-state index contributed by atoms with van der Waals surface area (Å²) in [4.78, 5) is 2.08. The molecule has 0 bridgehead atoms. The van der Waals surface area contributed by atoms with Crippen LogP contribution in [0.25, 0.3) is 0 Å². The van der Waals surface area contributed by atoms with E-state index in [1.54, 1.807) is 7.11 Å². The predicted molar refractivity (Wildman–Crippen MR) is 69.2 cm³/mol. The zero-order chi connectivity index (χ0) is 11.8. The molecule has 1 atom stereocenters. The van der Waals surface area contributed by atoms with Gasteiger partial charge in [-0.05, 0) is 31.5 Å². The normalized spacial score (nSPS) is 12.7. The average Bonchev–Trinajstić information content (AvgIpc) is 2.14. The van der Waals surface area contributed by atoms with Crippen molar-refractivity contribution in [1.82, 2.24) is 10.2 Å². The summed E-state index contributed by atoms with van der Waals surface area (Å²) in [6.07, 6.45) is 1.16. The highest BCUT2D eigenvalue weighted by molar-refractivity contribution is 7.80. The van der Waals surface area contributed by atoms with E-state index >= 15 is 0 Å². The summed E-state index contributed by atoms with van der Waals surface area (Å²) in [5.41, 5.74) is 0. The van der Waals surface area contributed by atoms with Gasteiger partial charge in [0.05, 0.1) is 6.61 Å². The smallest absolute Gasteiger partial charge is 0.168 e. The van der Waals surface area contributed by atoms with Crippen molar-refractivity contribution in [3.8, 4) is 0 Å². The van der Waals surface area contributed by atoms with Crippen molar-refractivity contribution in [2.75, 3.05) is 27.3 Å². The molecule has 0 amide bonds. The fourth-order valence-corrected chi connectivity index (χ4v) is 1.46. The summed E-state index contributed by atoms with van der Waals surface area (Å²) in [5, 5.41) is 4.04. The largest absolute Gasteiger partial charge is 0.383 e. The van der Waals surface area contributed by atoms with Gasteiger partial charge in [0.2, 0.25) is 0 Å². The lowest BCUT2D eigenvalue weighted by atomic mass is 10.1. The molecule has 15 heavy (non-hydrogen) atoms. The number of hydrogen-bond acceptors (Lipinski definition) is 2. The molecule has 0 aromatic heterocycles. The summed E-state index contributed by atoms with van der Waals surface area (Å²) in [7, 11) is 3.72. The second-order valence-corrected chi connectivity index (χ2v) is 4.80. The first-order valence-electron chi connectivity index (χ1n) is 5.48. The van der Waals surface area contributed by atoms with Crippen LogP contribution >= 0.6 is 12.2 Å². The van der Waals surface area contributed by atoms with E-state index in [2.05, 4.69) is 31.0 Å². The first-order valence-corrected chi connectivity index (χ1v) is 5.88. The van der Waals surface area contributed by atoms with E-state index in [-0.39, 0.29) is 6.04 Å². The number of nitrogens with zero attached hydrogens (tertiary/aromatic N) is 1. The van der Waals surface area contributed by atoms with E-state index < -0.39 is 0 Å². The Morgan fingerprint density at radius 1 is 1.40 bits per heavy atom. The van der Waals surface area contributed by atoms with Crippen molar-refractivity contribution in [1.29, 1.82) is 0 Å². The summed E-state index contributed by atoms with van der Waals surface area (Å²) >= 11 is 5.28. The fraction of sp³-hybridized carbons (Fsp3) is 0.909. The second-order valence-electron chi connectivity index (χ2n) is 4.41. The van der Waals surface area contributed by atoms with Crippen LogP contribution in [0.2, 0.25) is 0 Å². The van der Waals surface area contributed by atoms with E-state index in [9.17, 15) is 0 Å². The van der Waals surface area contributed by atoms with E-state index in [1.165, 1.54) is 0 Å². The maximum absolute atomic E-state index is 5.28. The van der Waals surface area contributed by atoms with E-state index in [0.717, 1.165) is 18.1 Å². The molecule has 0 fully saturated rings. The van der Waals surface area contributed by atoms with Crippen LogP contribution < -0.4 is 5.32 Å². The molecule has 0 radical (unpaired) electrons. The Bertz CT molecular complexity index is 185. The van der Waals surface area contributed by atoms with Crippen LogP contribution in [-0.4, -0.2) is 43.4 Å². The third kappa shape index (κ3) is 7.56. The SMILES string of the molecule is COCC(C)NC(=S)N(C)CCC(C)C. The molecule has 3 nitrogen and oxygen atoms in total. The van der Waals surface area contributed by atoms with Gasteiger partial charge in [0.1, 0.15) is 0 Å². The molecular formula is C11H24N2OS. The van der Waals surface area contributed by atoms with Gasteiger partial charge in [0.25, 0.3) is 0 Å². The Morgan fingerprint density at radius 3 is 2.47 bits per heavy atom. The number of hydrogen-bond donors (Lipinski definition) is 1. The van der Waals surface area contributed by atoms with E-state index in [0.29, 0.717) is 12.5 Å². The molecule has 0 heterocycles. The summed E-state index contributed by atoms with van der Waals surface area (Å²) in [5.74, 6) is 0.714. The highest BCUT2D eigenvalue weighted by Gasteiger charge is 2.08. The molecule has 0 saturated heterocycles. The maximum Gasteiger partial charge on any atom is 0.168 e. The maximum atomic E-state index is 5.28. The van der Waals surface area contributed by atoms with Gasteiger partial charge in [0, 0.05) is 26.7 Å². The monoisotopic (exact) mass is 232 g/mol. The minimum atomic E-state index is 0.268. The highest BCUT2D eigenvalue weighted by Crippen LogP contribution is 2.01. The first kappa shape index (κ1) is 14.6. The Balaban J connectivity index is 3.78. The van der Waals surface area contributed by atoms with Crippen LogP contribution in [0.3, 0.4) is 0 Å². The number of rotatable bonds is 6. The fourth-order valence-electron chi connectivity index (χ4n) is 1.17. The molecule has 0 aromatic rings. The number of ether oxygens (including phenoxy) is 1. The van der Waals surface area contributed by atoms with Crippen LogP contribution in [0.1, 0.15) is 27.2 Å². The third-order valence-electron chi connectivity index (χ3n) is 2.18. The first-order chi connectivity index (χ1) is 6.97. The lowest BCUT2D eigenvalue weighted by Crippen LogP contribution is -2.43. The number of thiocarbonyl (C=S) groups is 1. The van der Waals surface area contributed by atoms with Gasteiger partial charge < -0.3 is 15.0 Å². The highest BCUT2D eigenvalue weighted by atomic mass is 32.1. The van der Waals surface area contributed by atoms with Crippen molar-refractivity contribution in [2.24, 2.45) is 5.92 Å². The lowest BCUT2D eigenvalue weighted by Gasteiger charge is -2.24. The molecule has 1 unspecified atom stereocenters. The van der Waals surface area contributed by atoms with Gasteiger partial charge >= 0.3 is 0 Å². The molecule has 0 aliphatic carbocycles. The standard InChI is InChI=1S/C11H24N2OS/c1-9(2)6-7-13(4)11(15)12-10(3)8-14-5/h9-10H,6-8H2,1-5H3,(H,12,15). The van der Waals surface area contributed by atoms with Crippen molar-refractivity contribution >= 4 is 17.3 Å². The van der Waals surface area contributed by atoms with Crippen molar-refractivity contribution < 1.29 is 4.74 Å². The molecular weight excluding hydrogens is 208 g/mol. The second kappa shape index (κ2) is 7.88. The molecule has 0 aliphatic rings. The van der Waals surface area contributed by atoms with Crippen LogP contribution in [-0.2, 0) is 4.74 Å². The van der Waals surface area contributed by atoms with Gasteiger partial charge in [-0.1, -0.05) is 13.8 Å². The van der Waals surface area contributed by atoms with E-state index in [4.69, 9.17) is 17.0 Å². The quantitative estimate of drug-likeness (QED) is 0.707. The van der Waals surface area contributed by atoms with Crippen LogP contribution in [0.15, 0.2) is 0 Å². The van der Waals surface area contributed by atoms with Crippen molar-refractivity contribution in [3.05, 3.63) is 0 Å². The molecule has 1 N–H and O–H groups in total. The number of methoxy groups -OCH3 is 1. The van der Waals surface area contributed by atoms with E-state index in [1.807, 2.05) is 7.05 Å². The minimum absolute atomic E-state index is 0.268. The molecule has 0 aromatic carbocycles. The zero-order valence-corrected chi connectivity index (χ0v) is 11.4. The summed E-state index contributed by atoms with van der Waals surface area (Å²) < 4.78 is 5.04. The molecule has 4 heteroatoms. The topological polar surface area (TPSA) is 24.5 Å². The van der Waals surface area contributed by atoms with Gasteiger partial charge in [-0.15, -0.1) is 0 Å². The van der Waals surface area contributed by atoms with Gasteiger partial charge in [-0.25, -0.2) is 0 Å². The van der Waals surface area contributed by atoms with Gasteiger partial charge in [-0.3, -0.25) is 0 Å². The Morgan fingerprint density at radius 2 is 2.00 bits per heavy atom. The molecule has 0 spiro atoms. The molecule has 0 saturated carbocycles. The summed E-state index contributed by atoms with van der Waals surface area (Å²) in [6, 6.07) is 0.268. The molecule has 0 aliphatic heterocycles. The number of nitrogens with one attached hydrogen (secondary N) is 1. The van der Waals surface area contributed by atoms with Gasteiger partial charge in [0.15, 0.2) is 5.11 Å². The molecule has 0 rings (SSSR count). The Kier molecular flexibility index (Phi) is 7.70. The van der Waals surface area contributed by atoms with Crippen LogP contribution in [0.4, 0.5) is 0 Å². The minimum Gasteiger partial charge on any atom is -0.383 e. The third-order valence-corrected chi connectivity index (χ3v) is 2.60. The Labute approximate surface area is 99.2 Å². The van der Waals surface area contributed by atoms with Gasteiger partial charge in [-0.2, -0.15) is 0 Å². The van der Waals surface area contributed by atoms with Crippen LogP contribution in [0.5, 0.6) is 0 Å². The average molecular weight is 232 g/mol.